The van der Waals surface area contributed by atoms with Gasteiger partial charge in [0, 0.05) is 25.8 Å². The van der Waals surface area contributed by atoms with E-state index in [2.05, 4.69) is 41.1 Å². The minimum absolute atomic E-state index is 0.595. The first kappa shape index (κ1) is 13.7. The number of aromatic nitrogens is 1. The highest BCUT2D eigenvalue weighted by molar-refractivity contribution is 5.26. The molecule has 0 bridgehead atoms. The first-order chi connectivity index (χ1) is 9.33. The molecule has 0 saturated carbocycles. The molecule has 0 aliphatic heterocycles. The van der Waals surface area contributed by atoms with Crippen LogP contribution in [0, 0.1) is 0 Å². The SMILES string of the molecule is CCN(Cc1ccccn1)Cc1ccccc1CN. The van der Waals surface area contributed by atoms with Gasteiger partial charge in [0.25, 0.3) is 0 Å². The van der Waals surface area contributed by atoms with Gasteiger partial charge in [-0.15, -0.1) is 0 Å². The Kier molecular flexibility index (Phi) is 5.07. The van der Waals surface area contributed by atoms with Crippen LogP contribution in [0.5, 0.6) is 0 Å². The topological polar surface area (TPSA) is 42.2 Å². The van der Waals surface area contributed by atoms with Crippen LogP contribution in [-0.4, -0.2) is 16.4 Å². The molecule has 0 saturated heterocycles. The molecule has 1 aromatic heterocycles. The summed E-state index contributed by atoms with van der Waals surface area (Å²) in [6.45, 7) is 5.55. The highest BCUT2D eigenvalue weighted by atomic mass is 15.1. The minimum Gasteiger partial charge on any atom is -0.326 e. The van der Waals surface area contributed by atoms with Crippen molar-refractivity contribution in [2.75, 3.05) is 6.54 Å². The van der Waals surface area contributed by atoms with Crippen LogP contribution in [0.3, 0.4) is 0 Å². The Morgan fingerprint density at radius 2 is 1.74 bits per heavy atom. The maximum atomic E-state index is 5.79. The van der Waals surface area contributed by atoms with Gasteiger partial charge in [-0.1, -0.05) is 37.3 Å². The molecule has 1 aromatic carbocycles. The summed E-state index contributed by atoms with van der Waals surface area (Å²) in [5.74, 6) is 0. The molecule has 0 unspecified atom stereocenters. The van der Waals surface area contributed by atoms with Crippen LogP contribution in [-0.2, 0) is 19.6 Å². The van der Waals surface area contributed by atoms with Crippen molar-refractivity contribution in [3.63, 3.8) is 0 Å². The minimum atomic E-state index is 0.595. The number of hydrogen-bond donors (Lipinski definition) is 1. The molecule has 2 aromatic rings. The number of nitrogens with zero attached hydrogens (tertiary/aromatic N) is 2. The molecule has 100 valence electrons. The van der Waals surface area contributed by atoms with E-state index in [1.54, 1.807) is 0 Å². The van der Waals surface area contributed by atoms with Gasteiger partial charge >= 0.3 is 0 Å². The standard InChI is InChI=1S/C16H21N3/c1-2-19(13-16-9-5-6-10-18-16)12-15-8-4-3-7-14(15)11-17/h3-10H,2,11-13,17H2,1H3. The fraction of sp³-hybridized carbons (Fsp3) is 0.312. The average molecular weight is 255 g/mol. The lowest BCUT2D eigenvalue weighted by atomic mass is 10.1. The van der Waals surface area contributed by atoms with Gasteiger partial charge in [-0.3, -0.25) is 9.88 Å². The van der Waals surface area contributed by atoms with E-state index in [1.165, 1.54) is 11.1 Å². The van der Waals surface area contributed by atoms with Gasteiger partial charge in [-0.2, -0.15) is 0 Å². The highest BCUT2D eigenvalue weighted by Gasteiger charge is 2.08. The highest BCUT2D eigenvalue weighted by Crippen LogP contribution is 2.12. The second-order valence-electron chi connectivity index (χ2n) is 4.60. The van der Waals surface area contributed by atoms with Crippen molar-refractivity contribution in [3.8, 4) is 0 Å². The second kappa shape index (κ2) is 7.02. The van der Waals surface area contributed by atoms with Gasteiger partial charge in [-0.05, 0) is 29.8 Å². The predicted octanol–water partition coefficient (Wildman–Crippen LogP) is 2.56. The van der Waals surface area contributed by atoms with Crippen molar-refractivity contribution in [1.29, 1.82) is 0 Å². The Morgan fingerprint density at radius 3 is 2.37 bits per heavy atom. The quantitative estimate of drug-likeness (QED) is 0.862. The lowest BCUT2D eigenvalue weighted by molar-refractivity contribution is 0.267. The Morgan fingerprint density at radius 1 is 1.00 bits per heavy atom. The number of rotatable bonds is 6. The average Bonchev–Trinajstić information content (AvgIpc) is 2.48. The second-order valence-corrected chi connectivity index (χ2v) is 4.60. The van der Waals surface area contributed by atoms with Gasteiger partial charge in [-0.25, -0.2) is 0 Å². The lowest BCUT2D eigenvalue weighted by Crippen LogP contribution is -2.23. The third-order valence-corrected chi connectivity index (χ3v) is 3.29. The van der Waals surface area contributed by atoms with E-state index in [0.717, 1.165) is 25.3 Å². The molecule has 0 amide bonds. The summed E-state index contributed by atoms with van der Waals surface area (Å²) in [4.78, 5) is 6.76. The van der Waals surface area contributed by atoms with Crippen molar-refractivity contribution in [3.05, 3.63) is 65.5 Å². The Labute approximate surface area is 115 Å². The van der Waals surface area contributed by atoms with Crippen LogP contribution in [0.1, 0.15) is 23.7 Å². The van der Waals surface area contributed by atoms with E-state index in [4.69, 9.17) is 5.73 Å². The van der Waals surface area contributed by atoms with E-state index in [1.807, 2.05) is 24.4 Å². The number of hydrogen-bond acceptors (Lipinski definition) is 3. The molecule has 0 spiro atoms. The van der Waals surface area contributed by atoms with Gasteiger partial charge in [0.1, 0.15) is 0 Å². The Hall–Kier alpha value is -1.71. The van der Waals surface area contributed by atoms with Crippen LogP contribution in [0.25, 0.3) is 0 Å². The Bertz CT molecular complexity index is 496. The molecular weight excluding hydrogens is 234 g/mol. The van der Waals surface area contributed by atoms with Gasteiger partial charge < -0.3 is 5.73 Å². The Balaban J connectivity index is 2.07. The fourth-order valence-corrected chi connectivity index (χ4v) is 2.15. The molecule has 3 nitrogen and oxygen atoms in total. The smallest absolute Gasteiger partial charge is 0.0544 e. The third-order valence-electron chi connectivity index (χ3n) is 3.29. The predicted molar refractivity (Wildman–Crippen MR) is 78.4 cm³/mol. The molecule has 19 heavy (non-hydrogen) atoms. The normalized spacial score (nSPS) is 10.9. The van der Waals surface area contributed by atoms with Gasteiger partial charge in [0.15, 0.2) is 0 Å². The summed E-state index contributed by atoms with van der Waals surface area (Å²) in [5, 5.41) is 0. The summed E-state index contributed by atoms with van der Waals surface area (Å²) in [6, 6.07) is 14.4. The van der Waals surface area contributed by atoms with E-state index >= 15 is 0 Å². The first-order valence-electron chi connectivity index (χ1n) is 6.72. The van der Waals surface area contributed by atoms with Crippen molar-refractivity contribution in [2.24, 2.45) is 5.73 Å². The molecule has 3 heteroatoms. The maximum Gasteiger partial charge on any atom is 0.0544 e. The molecule has 0 radical (unpaired) electrons. The molecule has 0 atom stereocenters. The summed E-state index contributed by atoms with van der Waals surface area (Å²) < 4.78 is 0. The summed E-state index contributed by atoms with van der Waals surface area (Å²) in [7, 11) is 0. The zero-order chi connectivity index (χ0) is 13.5. The van der Waals surface area contributed by atoms with Crippen molar-refractivity contribution >= 4 is 0 Å². The van der Waals surface area contributed by atoms with Crippen molar-refractivity contribution in [1.82, 2.24) is 9.88 Å². The van der Waals surface area contributed by atoms with E-state index in [9.17, 15) is 0 Å². The monoisotopic (exact) mass is 255 g/mol. The maximum absolute atomic E-state index is 5.79. The third kappa shape index (κ3) is 3.88. The number of benzene rings is 1. The first-order valence-corrected chi connectivity index (χ1v) is 6.72. The zero-order valence-corrected chi connectivity index (χ0v) is 11.4. The molecule has 2 rings (SSSR count). The molecule has 2 N–H and O–H groups in total. The van der Waals surface area contributed by atoms with E-state index in [0.29, 0.717) is 6.54 Å². The molecule has 1 heterocycles. The summed E-state index contributed by atoms with van der Waals surface area (Å²) >= 11 is 0. The fourth-order valence-electron chi connectivity index (χ4n) is 2.15. The largest absolute Gasteiger partial charge is 0.326 e. The van der Waals surface area contributed by atoms with Crippen LogP contribution in [0.2, 0.25) is 0 Å². The summed E-state index contributed by atoms with van der Waals surface area (Å²) in [6.07, 6.45) is 1.84. The van der Waals surface area contributed by atoms with Crippen LogP contribution in [0.4, 0.5) is 0 Å². The number of nitrogens with two attached hydrogens (primary N) is 1. The van der Waals surface area contributed by atoms with Crippen molar-refractivity contribution in [2.45, 2.75) is 26.6 Å². The van der Waals surface area contributed by atoms with Crippen molar-refractivity contribution < 1.29 is 0 Å². The molecule has 0 fully saturated rings. The van der Waals surface area contributed by atoms with Crippen LogP contribution in [0.15, 0.2) is 48.7 Å². The molecular formula is C16H21N3. The van der Waals surface area contributed by atoms with E-state index < -0.39 is 0 Å². The zero-order valence-electron chi connectivity index (χ0n) is 11.4. The molecule has 0 aliphatic rings. The summed E-state index contributed by atoms with van der Waals surface area (Å²) in [5.41, 5.74) is 9.43. The van der Waals surface area contributed by atoms with Gasteiger partial charge in [0.05, 0.1) is 5.69 Å². The van der Waals surface area contributed by atoms with E-state index in [-0.39, 0.29) is 0 Å². The van der Waals surface area contributed by atoms with Crippen LogP contribution >= 0.6 is 0 Å². The molecule has 0 aliphatic carbocycles. The lowest BCUT2D eigenvalue weighted by Gasteiger charge is -2.21. The van der Waals surface area contributed by atoms with Crippen LogP contribution < -0.4 is 5.73 Å². The van der Waals surface area contributed by atoms with Gasteiger partial charge in [0.2, 0.25) is 0 Å². The number of pyridine rings is 1.